The van der Waals surface area contributed by atoms with Crippen LogP contribution < -0.4 is 10.6 Å². The van der Waals surface area contributed by atoms with E-state index in [4.69, 9.17) is 5.73 Å². The molecule has 0 aliphatic rings. The summed E-state index contributed by atoms with van der Waals surface area (Å²) in [5.74, 6) is -0.357. The summed E-state index contributed by atoms with van der Waals surface area (Å²) in [5.41, 5.74) is 7.77. The largest absolute Gasteiger partial charge is 0.368 e. The molecule has 1 unspecified atom stereocenters. The second-order valence-corrected chi connectivity index (χ2v) is 4.02. The van der Waals surface area contributed by atoms with Gasteiger partial charge in [0.05, 0.1) is 0 Å². The molecule has 0 aliphatic carbocycles. The molecule has 1 atom stereocenters. The molecule has 1 amide bonds. The van der Waals surface area contributed by atoms with E-state index < -0.39 is 0 Å². The summed E-state index contributed by atoms with van der Waals surface area (Å²) < 4.78 is 0. The number of rotatable bonds is 5. The van der Waals surface area contributed by atoms with Gasteiger partial charge in [-0.15, -0.1) is 0 Å². The summed E-state index contributed by atoms with van der Waals surface area (Å²) in [7, 11) is 0. The Labute approximate surface area is 101 Å². The number of carbonyl (C=O) groups is 2. The second kappa shape index (κ2) is 5.48. The van der Waals surface area contributed by atoms with Gasteiger partial charge in [-0.1, -0.05) is 0 Å². The van der Waals surface area contributed by atoms with Gasteiger partial charge in [0.2, 0.25) is 5.91 Å². The number of likely N-dealkylation sites (N-methyl/N-ethyl adjacent to an activating group) is 1. The number of hydrogen-bond donors (Lipinski definition) is 1. The molecule has 0 fully saturated rings. The molecule has 0 saturated carbocycles. The zero-order chi connectivity index (χ0) is 13.0. The van der Waals surface area contributed by atoms with Crippen molar-refractivity contribution in [2.75, 3.05) is 11.4 Å². The average Bonchev–Trinajstić information content (AvgIpc) is 2.30. The summed E-state index contributed by atoms with van der Waals surface area (Å²) in [4.78, 5) is 23.8. The van der Waals surface area contributed by atoms with E-state index in [9.17, 15) is 9.59 Å². The van der Waals surface area contributed by atoms with E-state index in [1.165, 1.54) is 0 Å². The monoisotopic (exact) mass is 234 g/mol. The van der Waals surface area contributed by atoms with Gasteiger partial charge in [-0.3, -0.25) is 9.59 Å². The molecule has 0 radical (unpaired) electrons. The van der Waals surface area contributed by atoms with Gasteiger partial charge in [0.1, 0.15) is 12.3 Å². The number of aryl methyl sites for hydroxylation is 1. The van der Waals surface area contributed by atoms with Crippen molar-refractivity contribution in [2.24, 2.45) is 5.73 Å². The van der Waals surface area contributed by atoms with Gasteiger partial charge in [0.15, 0.2) is 0 Å². The lowest BCUT2D eigenvalue weighted by Crippen LogP contribution is -2.42. The van der Waals surface area contributed by atoms with Gasteiger partial charge < -0.3 is 10.6 Å². The van der Waals surface area contributed by atoms with Gasteiger partial charge in [-0.2, -0.15) is 0 Å². The second-order valence-electron chi connectivity index (χ2n) is 4.02. The van der Waals surface area contributed by atoms with Crippen molar-refractivity contribution in [1.29, 1.82) is 0 Å². The molecule has 2 N–H and O–H groups in total. The predicted molar refractivity (Wildman–Crippen MR) is 68.2 cm³/mol. The van der Waals surface area contributed by atoms with Crippen molar-refractivity contribution in [2.45, 2.75) is 26.8 Å². The molecule has 0 bridgehead atoms. The number of carbonyl (C=O) groups excluding carboxylic acids is 2. The Morgan fingerprint density at radius 3 is 2.59 bits per heavy atom. The minimum Gasteiger partial charge on any atom is -0.368 e. The highest BCUT2D eigenvalue weighted by molar-refractivity contribution is 5.84. The van der Waals surface area contributed by atoms with Crippen molar-refractivity contribution in [1.82, 2.24) is 0 Å². The van der Waals surface area contributed by atoms with Gasteiger partial charge in [0, 0.05) is 17.8 Å². The van der Waals surface area contributed by atoms with E-state index in [2.05, 4.69) is 0 Å². The molecule has 4 heteroatoms. The minimum atomic E-state index is -0.360. The van der Waals surface area contributed by atoms with Crippen LogP contribution >= 0.6 is 0 Å². The van der Waals surface area contributed by atoms with Gasteiger partial charge in [-0.25, -0.2) is 0 Å². The molecule has 0 aromatic heterocycles. The highest BCUT2D eigenvalue weighted by atomic mass is 16.1. The first-order valence-corrected chi connectivity index (χ1v) is 5.63. The van der Waals surface area contributed by atoms with Gasteiger partial charge in [-0.05, 0) is 44.5 Å². The van der Waals surface area contributed by atoms with Crippen molar-refractivity contribution in [3.63, 3.8) is 0 Å². The Hall–Kier alpha value is -1.84. The van der Waals surface area contributed by atoms with Crippen LogP contribution in [-0.4, -0.2) is 24.8 Å². The number of benzene rings is 1. The molecule has 1 aromatic carbocycles. The van der Waals surface area contributed by atoms with E-state index in [-0.39, 0.29) is 11.9 Å². The molecule has 0 saturated heterocycles. The lowest BCUT2D eigenvalue weighted by molar-refractivity contribution is -0.118. The standard InChI is InChI=1S/C13H18N2O2/c1-4-15(10(3)13(14)17)12-6-5-11(8-16)9(2)7-12/h5-8,10H,4H2,1-3H3,(H2,14,17). The number of anilines is 1. The Morgan fingerprint density at radius 1 is 1.53 bits per heavy atom. The number of aldehydes is 1. The first-order chi connectivity index (χ1) is 8.01. The highest BCUT2D eigenvalue weighted by Crippen LogP contribution is 2.20. The lowest BCUT2D eigenvalue weighted by Gasteiger charge is -2.28. The van der Waals surface area contributed by atoms with Crippen LogP contribution in [-0.2, 0) is 4.79 Å². The number of primary amides is 1. The summed E-state index contributed by atoms with van der Waals surface area (Å²) in [6, 6.07) is 5.13. The van der Waals surface area contributed by atoms with Crippen molar-refractivity contribution in [3.8, 4) is 0 Å². The third-order valence-electron chi connectivity index (χ3n) is 2.93. The maximum Gasteiger partial charge on any atom is 0.239 e. The first-order valence-electron chi connectivity index (χ1n) is 5.63. The van der Waals surface area contributed by atoms with Crippen LogP contribution in [0.3, 0.4) is 0 Å². The molecule has 1 aromatic rings. The maximum atomic E-state index is 11.2. The van der Waals surface area contributed by atoms with Crippen LogP contribution in [0.5, 0.6) is 0 Å². The fourth-order valence-electron chi connectivity index (χ4n) is 1.80. The topological polar surface area (TPSA) is 63.4 Å². The third-order valence-corrected chi connectivity index (χ3v) is 2.93. The normalized spacial score (nSPS) is 11.9. The SMILES string of the molecule is CCN(c1ccc(C=O)c(C)c1)C(C)C(N)=O. The maximum absolute atomic E-state index is 11.2. The Kier molecular flexibility index (Phi) is 4.26. The zero-order valence-corrected chi connectivity index (χ0v) is 10.4. The molecule has 0 aliphatic heterocycles. The van der Waals surface area contributed by atoms with E-state index in [1.807, 2.05) is 30.9 Å². The van der Waals surface area contributed by atoms with Crippen molar-refractivity contribution in [3.05, 3.63) is 29.3 Å². The fraction of sp³-hybridized carbons (Fsp3) is 0.385. The molecule has 92 valence electrons. The van der Waals surface area contributed by atoms with Gasteiger partial charge >= 0.3 is 0 Å². The van der Waals surface area contributed by atoms with E-state index in [0.717, 1.165) is 17.5 Å². The molecule has 17 heavy (non-hydrogen) atoms. The smallest absolute Gasteiger partial charge is 0.239 e. The Bertz CT molecular complexity index is 429. The molecule has 0 heterocycles. The number of hydrogen-bond acceptors (Lipinski definition) is 3. The van der Waals surface area contributed by atoms with Crippen LogP contribution in [0, 0.1) is 6.92 Å². The Morgan fingerprint density at radius 2 is 2.18 bits per heavy atom. The zero-order valence-electron chi connectivity index (χ0n) is 10.4. The summed E-state index contributed by atoms with van der Waals surface area (Å²) in [6.45, 7) is 6.29. The van der Waals surface area contributed by atoms with E-state index in [0.29, 0.717) is 12.1 Å². The van der Waals surface area contributed by atoms with Crippen LogP contribution in [0.25, 0.3) is 0 Å². The van der Waals surface area contributed by atoms with E-state index in [1.54, 1.807) is 13.0 Å². The van der Waals surface area contributed by atoms with Crippen molar-refractivity contribution < 1.29 is 9.59 Å². The molecule has 1 rings (SSSR count). The third kappa shape index (κ3) is 2.84. The van der Waals surface area contributed by atoms with Crippen LogP contribution in [0.1, 0.15) is 29.8 Å². The molecular weight excluding hydrogens is 216 g/mol. The number of nitrogens with two attached hydrogens (primary N) is 1. The summed E-state index contributed by atoms with van der Waals surface area (Å²) in [6.07, 6.45) is 0.826. The Balaban J connectivity index is 3.08. The number of nitrogens with zero attached hydrogens (tertiary/aromatic N) is 1. The summed E-state index contributed by atoms with van der Waals surface area (Å²) in [5, 5.41) is 0. The molecule has 4 nitrogen and oxygen atoms in total. The number of amides is 1. The van der Waals surface area contributed by atoms with Gasteiger partial charge in [0.25, 0.3) is 0 Å². The minimum absolute atomic E-state index is 0.357. The molecular formula is C13H18N2O2. The molecule has 0 spiro atoms. The summed E-state index contributed by atoms with van der Waals surface area (Å²) >= 11 is 0. The predicted octanol–water partition coefficient (Wildman–Crippen LogP) is 1.51. The van der Waals surface area contributed by atoms with Crippen LogP contribution in [0.15, 0.2) is 18.2 Å². The first kappa shape index (κ1) is 13.2. The van der Waals surface area contributed by atoms with Crippen molar-refractivity contribution >= 4 is 17.9 Å². The fourth-order valence-corrected chi connectivity index (χ4v) is 1.80. The average molecular weight is 234 g/mol. The lowest BCUT2D eigenvalue weighted by atomic mass is 10.1. The van der Waals surface area contributed by atoms with Crippen LogP contribution in [0.2, 0.25) is 0 Å². The quantitative estimate of drug-likeness (QED) is 0.785. The van der Waals surface area contributed by atoms with E-state index >= 15 is 0 Å². The van der Waals surface area contributed by atoms with Crippen LogP contribution in [0.4, 0.5) is 5.69 Å². The highest BCUT2D eigenvalue weighted by Gasteiger charge is 2.18.